The molecule has 2 atom stereocenters. The molecular weight excluding hydrogens is 124 g/mol. The number of carbonyl (C=O) groups excluding carboxylic acids is 1. The number of hydrogen-bond donors (Lipinski definition) is 0. The Morgan fingerprint density at radius 3 is 2.40 bits per heavy atom. The number of ketones is 1. The molecule has 0 saturated carbocycles. The minimum absolute atomic E-state index is 0.141. The maximum Gasteiger partial charge on any atom is 0.136 e. The highest BCUT2D eigenvalue weighted by Gasteiger charge is 2.14. The van der Waals surface area contributed by atoms with Crippen molar-refractivity contribution >= 4 is 5.78 Å². The van der Waals surface area contributed by atoms with Gasteiger partial charge in [-0.05, 0) is 5.92 Å². The maximum absolute atomic E-state index is 11.1. The number of rotatable bonds is 4. The van der Waals surface area contributed by atoms with E-state index in [1.807, 2.05) is 26.8 Å². The van der Waals surface area contributed by atoms with Gasteiger partial charge in [-0.15, -0.1) is 6.58 Å². The van der Waals surface area contributed by atoms with Crippen molar-refractivity contribution in [1.82, 2.24) is 0 Å². The van der Waals surface area contributed by atoms with Gasteiger partial charge in [0.05, 0.1) is 0 Å². The second kappa shape index (κ2) is 4.26. The van der Waals surface area contributed by atoms with Gasteiger partial charge in [0.15, 0.2) is 0 Å². The predicted molar refractivity (Wildman–Crippen MR) is 43.8 cm³/mol. The minimum Gasteiger partial charge on any atom is -0.299 e. The van der Waals surface area contributed by atoms with Crippen LogP contribution in [-0.4, -0.2) is 5.78 Å². The fourth-order valence-electron chi connectivity index (χ4n) is 0.819. The van der Waals surface area contributed by atoms with Crippen LogP contribution in [0.3, 0.4) is 0 Å². The van der Waals surface area contributed by atoms with Crippen molar-refractivity contribution in [2.24, 2.45) is 11.8 Å². The molecule has 0 fully saturated rings. The summed E-state index contributed by atoms with van der Waals surface area (Å²) in [5.41, 5.74) is 0. The molecule has 0 radical (unpaired) electrons. The van der Waals surface area contributed by atoms with Gasteiger partial charge in [0.25, 0.3) is 0 Å². The summed E-state index contributed by atoms with van der Waals surface area (Å²) >= 11 is 0. The van der Waals surface area contributed by atoms with Crippen LogP contribution in [0.1, 0.15) is 27.2 Å². The Hall–Kier alpha value is -0.590. The third kappa shape index (κ3) is 2.34. The lowest BCUT2D eigenvalue weighted by atomic mass is 9.91. The molecule has 0 aromatic heterocycles. The van der Waals surface area contributed by atoms with Crippen molar-refractivity contribution in [2.75, 3.05) is 0 Å². The molecular formula is C9H16O. The van der Waals surface area contributed by atoms with Crippen molar-refractivity contribution in [1.29, 1.82) is 0 Å². The molecule has 0 spiro atoms. The highest BCUT2D eigenvalue weighted by Crippen LogP contribution is 2.13. The molecule has 0 bridgehead atoms. The van der Waals surface area contributed by atoms with Crippen molar-refractivity contribution < 1.29 is 4.79 Å². The van der Waals surface area contributed by atoms with Crippen LogP contribution in [0.25, 0.3) is 0 Å². The Morgan fingerprint density at radius 2 is 2.10 bits per heavy atom. The summed E-state index contributed by atoms with van der Waals surface area (Å²) in [5.74, 6) is 0.780. The van der Waals surface area contributed by atoms with Gasteiger partial charge in [-0.2, -0.15) is 0 Å². The van der Waals surface area contributed by atoms with E-state index in [0.29, 0.717) is 18.1 Å². The van der Waals surface area contributed by atoms with Gasteiger partial charge in [0.2, 0.25) is 0 Å². The van der Waals surface area contributed by atoms with Gasteiger partial charge >= 0.3 is 0 Å². The maximum atomic E-state index is 11.1. The molecule has 0 aliphatic rings. The molecule has 0 saturated heterocycles. The monoisotopic (exact) mass is 140 g/mol. The molecule has 0 aromatic rings. The summed E-state index contributed by atoms with van der Waals surface area (Å²) in [7, 11) is 0. The summed E-state index contributed by atoms with van der Waals surface area (Å²) in [4.78, 5) is 11.1. The number of hydrogen-bond acceptors (Lipinski definition) is 1. The molecule has 1 nitrogen and oxygen atoms in total. The molecule has 0 amide bonds. The number of Topliss-reactive ketones (excluding diaryl/α,β-unsaturated/α-hetero) is 1. The molecule has 1 heteroatoms. The molecule has 0 aliphatic heterocycles. The first-order chi connectivity index (χ1) is 4.63. The minimum atomic E-state index is 0.141. The van der Waals surface area contributed by atoms with E-state index in [0.717, 1.165) is 0 Å². The van der Waals surface area contributed by atoms with Gasteiger partial charge in [0.1, 0.15) is 5.78 Å². The number of carbonyl (C=O) groups is 1. The lowest BCUT2D eigenvalue weighted by Crippen LogP contribution is -2.15. The molecule has 0 rings (SSSR count). The Labute approximate surface area is 63.1 Å². The zero-order chi connectivity index (χ0) is 8.15. The van der Waals surface area contributed by atoms with E-state index < -0.39 is 0 Å². The van der Waals surface area contributed by atoms with E-state index in [2.05, 4.69) is 6.58 Å². The first kappa shape index (κ1) is 9.41. The van der Waals surface area contributed by atoms with Crippen molar-refractivity contribution in [2.45, 2.75) is 27.2 Å². The van der Waals surface area contributed by atoms with E-state index in [1.54, 1.807) is 0 Å². The molecule has 0 aromatic carbocycles. The first-order valence-corrected chi connectivity index (χ1v) is 3.78. The molecule has 10 heavy (non-hydrogen) atoms. The van der Waals surface area contributed by atoms with Crippen LogP contribution in [0.4, 0.5) is 0 Å². The zero-order valence-corrected chi connectivity index (χ0v) is 7.05. The third-order valence-corrected chi connectivity index (χ3v) is 2.02. The molecule has 2 unspecified atom stereocenters. The highest BCUT2D eigenvalue weighted by molar-refractivity contribution is 5.80. The summed E-state index contributed by atoms with van der Waals surface area (Å²) in [5, 5.41) is 0. The lowest BCUT2D eigenvalue weighted by Gasteiger charge is -2.12. The van der Waals surface area contributed by atoms with Crippen molar-refractivity contribution in [3.8, 4) is 0 Å². The Kier molecular flexibility index (Phi) is 4.01. The van der Waals surface area contributed by atoms with Gasteiger partial charge in [-0.1, -0.05) is 26.8 Å². The Balaban J connectivity index is 3.93. The van der Waals surface area contributed by atoms with Crippen LogP contribution in [-0.2, 0) is 4.79 Å². The average Bonchev–Trinajstić information content (AvgIpc) is 2.00. The Bertz CT molecular complexity index is 127. The summed E-state index contributed by atoms with van der Waals surface area (Å²) in [6.45, 7) is 9.52. The molecule has 0 N–H and O–H groups in total. The van der Waals surface area contributed by atoms with Crippen LogP contribution in [0, 0.1) is 11.8 Å². The van der Waals surface area contributed by atoms with E-state index in [4.69, 9.17) is 0 Å². The second-order valence-electron chi connectivity index (χ2n) is 2.70. The summed E-state index contributed by atoms with van der Waals surface area (Å²) in [6, 6.07) is 0. The normalized spacial score (nSPS) is 15.9. The van der Waals surface area contributed by atoms with Crippen LogP contribution >= 0.6 is 0 Å². The lowest BCUT2D eigenvalue weighted by molar-refractivity contribution is -0.122. The van der Waals surface area contributed by atoms with E-state index in [1.165, 1.54) is 0 Å². The molecule has 58 valence electrons. The van der Waals surface area contributed by atoms with Crippen LogP contribution < -0.4 is 0 Å². The van der Waals surface area contributed by atoms with E-state index >= 15 is 0 Å². The van der Waals surface area contributed by atoms with E-state index in [9.17, 15) is 4.79 Å². The van der Waals surface area contributed by atoms with E-state index in [-0.39, 0.29) is 5.92 Å². The predicted octanol–water partition coefficient (Wildman–Crippen LogP) is 2.42. The SMILES string of the molecule is C=CC(C)C(C)C(=O)CC. The summed E-state index contributed by atoms with van der Waals surface area (Å²) in [6.07, 6.45) is 2.47. The van der Waals surface area contributed by atoms with Gasteiger partial charge in [0, 0.05) is 12.3 Å². The summed E-state index contributed by atoms with van der Waals surface area (Å²) < 4.78 is 0. The van der Waals surface area contributed by atoms with Crippen molar-refractivity contribution in [3.63, 3.8) is 0 Å². The Morgan fingerprint density at radius 1 is 1.60 bits per heavy atom. The van der Waals surface area contributed by atoms with Crippen LogP contribution in [0.15, 0.2) is 12.7 Å². The van der Waals surface area contributed by atoms with Gasteiger partial charge in [-0.3, -0.25) is 4.79 Å². The fraction of sp³-hybridized carbons (Fsp3) is 0.667. The third-order valence-electron chi connectivity index (χ3n) is 2.02. The van der Waals surface area contributed by atoms with Crippen LogP contribution in [0.2, 0.25) is 0 Å². The molecule has 0 aliphatic carbocycles. The average molecular weight is 140 g/mol. The quantitative estimate of drug-likeness (QED) is 0.548. The standard InChI is InChI=1S/C9H16O/c1-5-7(3)8(4)9(10)6-2/h5,7-8H,1,6H2,2-4H3. The fourth-order valence-corrected chi connectivity index (χ4v) is 0.819. The first-order valence-electron chi connectivity index (χ1n) is 3.78. The smallest absolute Gasteiger partial charge is 0.136 e. The number of allylic oxidation sites excluding steroid dienone is 1. The largest absolute Gasteiger partial charge is 0.299 e. The van der Waals surface area contributed by atoms with Gasteiger partial charge in [-0.25, -0.2) is 0 Å². The van der Waals surface area contributed by atoms with Crippen molar-refractivity contribution in [3.05, 3.63) is 12.7 Å². The topological polar surface area (TPSA) is 17.1 Å². The molecule has 0 heterocycles. The van der Waals surface area contributed by atoms with Crippen LogP contribution in [0.5, 0.6) is 0 Å². The second-order valence-corrected chi connectivity index (χ2v) is 2.70. The van der Waals surface area contributed by atoms with Gasteiger partial charge < -0.3 is 0 Å². The highest BCUT2D eigenvalue weighted by atomic mass is 16.1. The zero-order valence-electron chi connectivity index (χ0n) is 7.05.